The summed E-state index contributed by atoms with van der Waals surface area (Å²) in [6, 6.07) is 0. The van der Waals surface area contributed by atoms with Crippen LogP contribution in [0.4, 0.5) is 0 Å². The fraction of sp³-hybridized carbons (Fsp3) is 0.500. The minimum atomic E-state index is -3.53. The molecule has 1 aliphatic heterocycles. The second kappa shape index (κ2) is 4.49. The normalized spacial score (nSPS) is 31.1. The Morgan fingerprint density at radius 2 is 2.10 bits per heavy atom. The largest absolute Gasteiger partial charge is 0.369 e. The molecule has 2 aliphatic rings. The van der Waals surface area contributed by atoms with Crippen molar-refractivity contribution in [3.05, 3.63) is 33.4 Å². The van der Waals surface area contributed by atoms with Crippen LogP contribution in [-0.2, 0) is 14.6 Å². The molecule has 0 bridgehead atoms. The Hall–Kier alpha value is -1.01. The van der Waals surface area contributed by atoms with Gasteiger partial charge < -0.3 is 5.73 Å². The number of carbonyl (C=O) groups excluding carboxylic acids is 1. The van der Waals surface area contributed by atoms with Crippen molar-refractivity contribution in [1.82, 2.24) is 0 Å². The fourth-order valence-corrected chi connectivity index (χ4v) is 6.16. The molecule has 1 atom stereocenters. The Morgan fingerprint density at radius 1 is 1.50 bits per heavy atom. The van der Waals surface area contributed by atoms with Crippen LogP contribution >= 0.6 is 11.8 Å². The highest BCUT2D eigenvalue weighted by Gasteiger charge is 2.46. The predicted molar refractivity (Wildman–Crippen MR) is 82.4 cm³/mol. The van der Waals surface area contributed by atoms with E-state index in [0.717, 1.165) is 0 Å². The zero-order valence-electron chi connectivity index (χ0n) is 11.9. The topological polar surface area (TPSA) is 77.2 Å². The van der Waals surface area contributed by atoms with Gasteiger partial charge in [-0.1, -0.05) is 19.6 Å². The summed E-state index contributed by atoms with van der Waals surface area (Å²) in [6.07, 6.45) is 4.07. The smallest absolute Gasteiger partial charge is 0.227 e. The molecule has 0 aromatic heterocycles. The first kappa shape index (κ1) is 15.4. The summed E-state index contributed by atoms with van der Waals surface area (Å²) in [4.78, 5) is 12.9. The number of allylic oxidation sites excluding steroid dienone is 2. The molecule has 4 nitrogen and oxygen atoms in total. The zero-order valence-corrected chi connectivity index (χ0v) is 13.5. The average Bonchev–Trinajstić information content (AvgIpc) is 2.35. The van der Waals surface area contributed by atoms with E-state index < -0.39 is 25.9 Å². The third kappa shape index (κ3) is 2.05. The van der Waals surface area contributed by atoms with E-state index in [1.165, 1.54) is 17.8 Å². The van der Waals surface area contributed by atoms with Gasteiger partial charge in [0, 0.05) is 4.91 Å². The number of hydrogen-bond acceptors (Lipinski definition) is 4. The summed E-state index contributed by atoms with van der Waals surface area (Å²) in [5.41, 5.74) is 4.73. The van der Waals surface area contributed by atoms with Crippen LogP contribution in [0.25, 0.3) is 0 Å². The number of hydrogen-bond donors (Lipinski definition) is 1. The van der Waals surface area contributed by atoms with Crippen LogP contribution in [0.5, 0.6) is 0 Å². The molecule has 0 aromatic rings. The van der Waals surface area contributed by atoms with Gasteiger partial charge in [0.05, 0.1) is 20.0 Å². The predicted octanol–water partition coefficient (Wildman–Crippen LogP) is 2.49. The molecular weight excluding hydrogens is 294 g/mol. The van der Waals surface area contributed by atoms with E-state index in [9.17, 15) is 13.2 Å². The van der Waals surface area contributed by atoms with Gasteiger partial charge >= 0.3 is 0 Å². The van der Waals surface area contributed by atoms with E-state index in [4.69, 9.17) is 5.73 Å². The summed E-state index contributed by atoms with van der Waals surface area (Å²) in [6.45, 7) is 9.28. The minimum absolute atomic E-state index is 0.210. The molecule has 1 amide bonds. The molecule has 0 fully saturated rings. The standard InChI is InChI=1S/C14H19NO3S2/c1-5-14(12(15)16)7-6-11-10(8-14)19-13(3,4)9(2)20(11,17)18/h6-7H,2,5,8H2,1,3-4H3,(H2,15,16). The number of carbonyl (C=O) groups is 1. The summed E-state index contributed by atoms with van der Waals surface area (Å²) in [7, 11) is -3.53. The van der Waals surface area contributed by atoms with Crippen LogP contribution in [0.1, 0.15) is 33.6 Å². The molecule has 0 radical (unpaired) electrons. The van der Waals surface area contributed by atoms with Crippen LogP contribution in [0.2, 0.25) is 0 Å². The summed E-state index contributed by atoms with van der Waals surface area (Å²) < 4.78 is 24.4. The second-order valence-corrected chi connectivity index (χ2v) is 9.37. The first-order chi connectivity index (χ1) is 9.07. The Bertz CT molecular complexity index is 656. The summed E-state index contributed by atoms with van der Waals surface area (Å²) in [5.74, 6) is -0.414. The van der Waals surface area contributed by atoms with Crippen LogP contribution in [0.3, 0.4) is 0 Å². The summed E-state index contributed by atoms with van der Waals surface area (Å²) in [5, 5.41) is 0. The molecule has 2 N–H and O–H groups in total. The molecule has 20 heavy (non-hydrogen) atoms. The fourth-order valence-electron chi connectivity index (χ4n) is 2.49. The van der Waals surface area contributed by atoms with E-state index in [1.54, 1.807) is 6.08 Å². The van der Waals surface area contributed by atoms with E-state index in [-0.39, 0.29) is 9.81 Å². The SMILES string of the molecule is C=C1C(C)(C)SC2=C(C=CC(CC)(C(N)=O)C2)S1(=O)=O. The Balaban J connectivity index is 2.58. The van der Waals surface area contributed by atoms with Crippen LogP contribution in [-0.4, -0.2) is 19.1 Å². The van der Waals surface area contributed by atoms with Gasteiger partial charge in [-0.15, -0.1) is 11.8 Å². The highest BCUT2D eigenvalue weighted by atomic mass is 32.2. The van der Waals surface area contributed by atoms with Gasteiger partial charge in [-0.25, -0.2) is 8.42 Å². The van der Waals surface area contributed by atoms with Crippen molar-refractivity contribution >= 4 is 27.5 Å². The van der Waals surface area contributed by atoms with Gasteiger partial charge in [-0.2, -0.15) is 0 Å². The van der Waals surface area contributed by atoms with E-state index >= 15 is 0 Å². The Kier molecular flexibility index (Phi) is 3.46. The molecule has 1 aliphatic carbocycles. The van der Waals surface area contributed by atoms with Crippen molar-refractivity contribution < 1.29 is 13.2 Å². The van der Waals surface area contributed by atoms with Crippen LogP contribution in [0.15, 0.2) is 33.4 Å². The van der Waals surface area contributed by atoms with Crippen molar-refractivity contribution in [3.8, 4) is 0 Å². The third-order valence-corrected chi connectivity index (χ3v) is 7.84. The lowest BCUT2D eigenvalue weighted by atomic mass is 9.78. The maximum Gasteiger partial charge on any atom is 0.227 e. The zero-order chi connectivity index (χ0) is 15.3. The maximum atomic E-state index is 12.5. The number of amides is 1. The third-order valence-electron chi connectivity index (χ3n) is 4.09. The summed E-state index contributed by atoms with van der Waals surface area (Å²) >= 11 is 1.46. The molecule has 1 heterocycles. The number of rotatable bonds is 2. The van der Waals surface area contributed by atoms with Gasteiger partial charge in [-0.3, -0.25) is 4.79 Å². The van der Waals surface area contributed by atoms with Gasteiger partial charge in [0.15, 0.2) is 0 Å². The second-order valence-electron chi connectivity index (χ2n) is 5.71. The minimum Gasteiger partial charge on any atom is -0.369 e. The molecule has 0 spiro atoms. The Morgan fingerprint density at radius 3 is 2.60 bits per heavy atom. The van der Waals surface area contributed by atoms with Crippen molar-refractivity contribution in [1.29, 1.82) is 0 Å². The van der Waals surface area contributed by atoms with Crippen molar-refractivity contribution in [2.24, 2.45) is 11.1 Å². The lowest BCUT2D eigenvalue weighted by Gasteiger charge is -2.39. The van der Waals surface area contributed by atoms with Crippen LogP contribution < -0.4 is 5.73 Å². The van der Waals surface area contributed by atoms with Gasteiger partial charge in [0.25, 0.3) is 0 Å². The van der Waals surface area contributed by atoms with Crippen molar-refractivity contribution in [2.45, 2.75) is 38.4 Å². The molecule has 110 valence electrons. The van der Waals surface area contributed by atoms with E-state index in [0.29, 0.717) is 17.7 Å². The first-order valence-electron chi connectivity index (χ1n) is 6.42. The molecule has 0 aromatic carbocycles. The molecule has 2 rings (SSSR count). The quantitative estimate of drug-likeness (QED) is 0.849. The number of nitrogens with two attached hydrogens (primary N) is 1. The van der Waals surface area contributed by atoms with Gasteiger partial charge in [0.2, 0.25) is 15.7 Å². The lowest BCUT2D eigenvalue weighted by molar-refractivity contribution is -0.125. The van der Waals surface area contributed by atoms with E-state index in [2.05, 4.69) is 6.58 Å². The molecule has 1 unspecified atom stereocenters. The number of sulfone groups is 1. The molecule has 0 saturated carbocycles. The Labute approximate surface area is 124 Å². The average molecular weight is 313 g/mol. The number of thioether (sulfide) groups is 1. The van der Waals surface area contributed by atoms with Crippen molar-refractivity contribution in [2.75, 3.05) is 0 Å². The monoisotopic (exact) mass is 313 g/mol. The molecule has 0 saturated heterocycles. The van der Waals surface area contributed by atoms with E-state index in [1.807, 2.05) is 20.8 Å². The molecule has 6 heteroatoms. The number of primary amides is 1. The highest BCUT2D eigenvalue weighted by Crippen LogP contribution is 2.54. The maximum absolute atomic E-state index is 12.5. The van der Waals surface area contributed by atoms with Gasteiger partial charge in [0.1, 0.15) is 0 Å². The van der Waals surface area contributed by atoms with Gasteiger partial charge in [-0.05, 0) is 32.8 Å². The highest BCUT2D eigenvalue weighted by molar-refractivity contribution is 8.10. The van der Waals surface area contributed by atoms with Crippen molar-refractivity contribution in [3.63, 3.8) is 0 Å². The van der Waals surface area contributed by atoms with Crippen LogP contribution in [0, 0.1) is 5.41 Å². The first-order valence-corrected chi connectivity index (χ1v) is 8.72. The molecular formula is C14H19NO3S2. The lowest BCUT2D eigenvalue weighted by Crippen LogP contribution is -2.39.